The Morgan fingerprint density at radius 3 is 2.08 bits per heavy atom. The summed E-state index contributed by atoms with van der Waals surface area (Å²) in [6, 6.07) is 0. The molecule has 0 aliphatic carbocycles. The monoisotopic (exact) mass is 171 g/mol. The average Bonchev–Trinajstić information content (AvgIpc) is 2.04. The summed E-state index contributed by atoms with van der Waals surface area (Å²) in [6.45, 7) is 10.5. The van der Waals surface area contributed by atoms with Gasteiger partial charge in [0, 0.05) is 0 Å². The Morgan fingerprint density at radius 1 is 1.08 bits per heavy atom. The molecule has 0 rings (SSSR count). The molecule has 12 heavy (non-hydrogen) atoms. The van der Waals surface area contributed by atoms with Crippen molar-refractivity contribution in [3.8, 4) is 0 Å². The highest BCUT2D eigenvalue weighted by Gasteiger charge is 2.17. The summed E-state index contributed by atoms with van der Waals surface area (Å²) in [4.78, 5) is 0. The SMILES string of the molecule is CCCC(C)C(C)C(C)CNC. The van der Waals surface area contributed by atoms with Gasteiger partial charge in [0.05, 0.1) is 0 Å². The van der Waals surface area contributed by atoms with Gasteiger partial charge in [0.15, 0.2) is 0 Å². The molecule has 0 aromatic carbocycles. The van der Waals surface area contributed by atoms with Crippen molar-refractivity contribution < 1.29 is 0 Å². The molecule has 0 saturated carbocycles. The topological polar surface area (TPSA) is 12.0 Å². The van der Waals surface area contributed by atoms with E-state index in [4.69, 9.17) is 0 Å². The lowest BCUT2D eigenvalue weighted by atomic mass is 9.83. The van der Waals surface area contributed by atoms with Crippen LogP contribution < -0.4 is 5.32 Å². The van der Waals surface area contributed by atoms with Gasteiger partial charge in [-0.25, -0.2) is 0 Å². The van der Waals surface area contributed by atoms with Gasteiger partial charge in [-0.15, -0.1) is 0 Å². The fourth-order valence-electron chi connectivity index (χ4n) is 1.79. The Balaban J connectivity index is 3.73. The van der Waals surface area contributed by atoms with Crippen molar-refractivity contribution in [2.24, 2.45) is 17.8 Å². The minimum atomic E-state index is 0.802. The molecule has 74 valence electrons. The van der Waals surface area contributed by atoms with Crippen LogP contribution in [0, 0.1) is 17.8 Å². The Hall–Kier alpha value is -0.0400. The van der Waals surface area contributed by atoms with E-state index in [1.165, 1.54) is 12.8 Å². The standard InChI is InChI=1S/C11H25N/c1-6-7-9(2)11(4)10(3)8-12-5/h9-12H,6-8H2,1-5H3. The predicted molar refractivity (Wildman–Crippen MR) is 56.3 cm³/mol. The predicted octanol–water partition coefficient (Wildman–Crippen LogP) is 2.91. The van der Waals surface area contributed by atoms with Crippen LogP contribution in [0.5, 0.6) is 0 Å². The molecular weight excluding hydrogens is 146 g/mol. The van der Waals surface area contributed by atoms with Crippen molar-refractivity contribution in [1.29, 1.82) is 0 Å². The summed E-state index contributed by atoms with van der Waals surface area (Å²) >= 11 is 0. The van der Waals surface area contributed by atoms with Crippen molar-refractivity contribution in [1.82, 2.24) is 5.32 Å². The van der Waals surface area contributed by atoms with Crippen LogP contribution in [0.4, 0.5) is 0 Å². The van der Waals surface area contributed by atoms with E-state index in [2.05, 4.69) is 33.0 Å². The fourth-order valence-corrected chi connectivity index (χ4v) is 1.79. The van der Waals surface area contributed by atoms with Crippen molar-refractivity contribution in [2.45, 2.75) is 40.5 Å². The van der Waals surface area contributed by atoms with Crippen molar-refractivity contribution >= 4 is 0 Å². The van der Waals surface area contributed by atoms with Crippen LogP contribution in [0.15, 0.2) is 0 Å². The third-order valence-electron chi connectivity index (χ3n) is 3.07. The smallest absolute Gasteiger partial charge is 0.00235 e. The minimum Gasteiger partial charge on any atom is -0.319 e. The van der Waals surface area contributed by atoms with Crippen LogP contribution >= 0.6 is 0 Å². The molecule has 0 heterocycles. The normalized spacial score (nSPS) is 18.8. The lowest BCUT2D eigenvalue weighted by Crippen LogP contribution is -2.25. The molecule has 1 heteroatoms. The maximum atomic E-state index is 3.25. The third-order valence-corrected chi connectivity index (χ3v) is 3.07. The van der Waals surface area contributed by atoms with Gasteiger partial charge in [-0.2, -0.15) is 0 Å². The van der Waals surface area contributed by atoms with E-state index >= 15 is 0 Å². The van der Waals surface area contributed by atoms with Crippen molar-refractivity contribution in [3.05, 3.63) is 0 Å². The van der Waals surface area contributed by atoms with Gasteiger partial charge in [0.1, 0.15) is 0 Å². The Morgan fingerprint density at radius 2 is 1.67 bits per heavy atom. The molecule has 0 fully saturated rings. The van der Waals surface area contributed by atoms with E-state index in [-0.39, 0.29) is 0 Å². The number of hydrogen-bond acceptors (Lipinski definition) is 1. The van der Waals surface area contributed by atoms with Gasteiger partial charge in [0.2, 0.25) is 0 Å². The molecule has 0 aliphatic heterocycles. The first-order chi connectivity index (χ1) is 5.63. The van der Waals surface area contributed by atoms with Crippen molar-refractivity contribution in [2.75, 3.05) is 13.6 Å². The molecule has 1 nitrogen and oxygen atoms in total. The summed E-state index contributed by atoms with van der Waals surface area (Å²) in [7, 11) is 2.04. The first-order valence-corrected chi connectivity index (χ1v) is 5.28. The van der Waals surface area contributed by atoms with Crippen LogP contribution in [-0.4, -0.2) is 13.6 Å². The molecule has 0 saturated heterocycles. The summed E-state index contributed by atoms with van der Waals surface area (Å²) in [5, 5.41) is 3.25. The zero-order chi connectivity index (χ0) is 9.56. The van der Waals surface area contributed by atoms with Crippen molar-refractivity contribution in [3.63, 3.8) is 0 Å². The first kappa shape index (κ1) is 12.0. The zero-order valence-electron chi connectivity index (χ0n) is 9.35. The summed E-state index contributed by atoms with van der Waals surface area (Å²) in [6.07, 6.45) is 2.69. The average molecular weight is 171 g/mol. The number of hydrogen-bond donors (Lipinski definition) is 1. The quantitative estimate of drug-likeness (QED) is 0.648. The number of rotatable bonds is 6. The summed E-state index contributed by atoms with van der Waals surface area (Å²) in [5.74, 6) is 2.52. The van der Waals surface area contributed by atoms with Gasteiger partial charge >= 0.3 is 0 Å². The maximum absolute atomic E-state index is 3.25. The van der Waals surface area contributed by atoms with Gasteiger partial charge < -0.3 is 5.32 Å². The molecule has 0 aromatic heterocycles. The van der Waals surface area contributed by atoms with E-state index in [9.17, 15) is 0 Å². The van der Waals surface area contributed by atoms with Gasteiger partial charge in [-0.3, -0.25) is 0 Å². The Bertz CT molecular complexity index is 89.2. The van der Waals surface area contributed by atoms with E-state index in [1.54, 1.807) is 0 Å². The van der Waals surface area contributed by atoms with Gasteiger partial charge in [0.25, 0.3) is 0 Å². The molecule has 3 unspecified atom stereocenters. The molecule has 0 spiro atoms. The van der Waals surface area contributed by atoms with E-state index in [0.29, 0.717) is 0 Å². The van der Waals surface area contributed by atoms with Crippen LogP contribution in [0.1, 0.15) is 40.5 Å². The highest BCUT2D eigenvalue weighted by atomic mass is 14.8. The molecule has 0 radical (unpaired) electrons. The van der Waals surface area contributed by atoms with E-state index < -0.39 is 0 Å². The molecule has 0 amide bonds. The van der Waals surface area contributed by atoms with Gasteiger partial charge in [-0.05, 0) is 31.3 Å². The van der Waals surface area contributed by atoms with E-state index in [0.717, 1.165) is 24.3 Å². The zero-order valence-corrected chi connectivity index (χ0v) is 9.35. The third kappa shape index (κ3) is 4.10. The lowest BCUT2D eigenvalue weighted by molar-refractivity contribution is 0.261. The lowest BCUT2D eigenvalue weighted by Gasteiger charge is -2.25. The second-order valence-electron chi connectivity index (χ2n) is 4.16. The minimum absolute atomic E-state index is 0.802. The number of nitrogens with one attached hydrogen (secondary N) is 1. The molecule has 1 N–H and O–H groups in total. The second kappa shape index (κ2) is 6.47. The van der Waals surface area contributed by atoms with Crippen LogP contribution in [0.25, 0.3) is 0 Å². The fraction of sp³-hybridized carbons (Fsp3) is 1.00. The molecule has 3 atom stereocenters. The molecule has 0 bridgehead atoms. The summed E-state index contributed by atoms with van der Waals surface area (Å²) in [5.41, 5.74) is 0. The largest absolute Gasteiger partial charge is 0.319 e. The molecular formula is C11H25N. The van der Waals surface area contributed by atoms with Crippen LogP contribution in [-0.2, 0) is 0 Å². The Kier molecular flexibility index (Phi) is 6.45. The van der Waals surface area contributed by atoms with Crippen LogP contribution in [0.3, 0.4) is 0 Å². The molecule has 0 aliphatic rings. The molecule has 0 aromatic rings. The van der Waals surface area contributed by atoms with Gasteiger partial charge in [-0.1, -0.05) is 40.5 Å². The van der Waals surface area contributed by atoms with Crippen LogP contribution in [0.2, 0.25) is 0 Å². The highest BCUT2D eigenvalue weighted by molar-refractivity contribution is 4.69. The van der Waals surface area contributed by atoms with E-state index in [1.807, 2.05) is 7.05 Å². The first-order valence-electron chi connectivity index (χ1n) is 5.28. The summed E-state index contributed by atoms with van der Waals surface area (Å²) < 4.78 is 0. The second-order valence-corrected chi connectivity index (χ2v) is 4.16. The highest BCUT2D eigenvalue weighted by Crippen LogP contribution is 2.23. The Labute approximate surface area is 77.9 Å². The maximum Gasteiger partial charge on any atom is -0.00235 e.